The van der Waals surface area contributed by atoms with Crippen LogP contribution in [0.1, 0.15) is 31.2 Å². The number of nitrogens with one attached hydrogen (secondary N) is 2. The maximum atomic E-state index is 13.0. The monoisotopic (exact) mass is 459 g/mol. The highest BCUT2D eigenvalue weighted by Crippen LogP contribution is 2.30. The van der Waals surface area contributed by atoms with Gasteiger partial charge in [0.1, 0.15) is 10.6 Å². The number of ether oxygens (including phenoxy) is 1. The van der Waals surface area contributed by atoms with Crippen LogP contribution in [0.3, 0.4) is 0 Å². The first-order chi connectivity index (χ1) is 14.9. The van der Waals surface area contributed by atoms with Crippen molar-refractivity contribution in [3.8, 4) is 5.75 Å². The van der Waals surface area contributed by atoms with E-state index in [1.165, 1.54) is 7.11 Å². The summed E-state index contributed by atoms with van der Waals surface area (Å²) >= 11 is 6.08. The number of pyridine rings is 1. The van der Waals surface area contributed by atoms with Crippen molar-refractivity contribution in [3.05, 3.63) is 59.2 Å². The Balaban J connectivity index is 1.41. The van der Waals surface area contributed by atoms with E-state index in [1.807, 2.05) is 37.3 Å². The van der Waals surface area contributed by atoms with E-state index in [0.717, 1.165) is 47.8 Å². The Labute approximate surface area is 188 Å². The number of benzene rings is 2. The molecule has 1 aliphatic carbocycles. The molecule has 1 saturated carbocycles. The molecule has 8 heteroatoms. The normalized spacial score (nSPS) is 19.3. The third kappa shape index (κ3) is 4.95. The maximum Gasteiger partial charge on any atom is 0.244 e. The van der Waals surface area contributed by atoms with Gasteiger partial charge in [-0.3, -0.25) is 4.98 Å². The first kappa shape index (κ1) is 21.9. The molecule has 0 spiro atoms. The number of aryl methyl sites for hydroxylation is 1. The van der Waals surface area contributed by atoms with Crippen molar-refractivity contribution in [1.82, 2.24) is 9.71 Å². The summed E-state index contributed by atoms with van der Waals surface area (Å²) in [6.45, 7) is 1.87. The van der Waals surface area contributed by atoms with Crippen LogP contribution in [0.2, 0.25) is 5.02 Å². The van der Waals surface area contributed by atoms with Crippen LogP contribution in [0.5, 0.6) is 5.75 Å². The molecule has 0 amide bonds. The molecule has 31 heavy (non-hydrogen) atoms. The van der Waals surface area contributed by atoms with Gasteiger partial charge in [0.25, 0.3) is 0 Å². The summed E-state index contributed by atoms with van der Waals surface area (Å²) in [5.74, 6) is 0.359. The topological polar surface area (TPSA) is 80.3 Å². The van der Waals surface area contributed by atoms with Crippen LogP contribution in [0.15, 0.2) is 53.6 Å². The minimum atomic E-state index is -3.65. The molecule has 0 aliphatic heterocycles. The van der Waals surface area contributed by atoms with Crippen molar-refractivity contribution < 1.29 is 13.2 Å². The Morgan fingerprint density at radius 3 is 2.52 bits per heavy atom. The number of nitrogens with zero attached hydrogens (tertiary/aromatic N) is 1. The molecular weight excluding hydrogens is 434 g/mol. The zero-order valence-electron chi connectivity index (χ0n) is 17.6. The number of rotatable bonds is 6. The molecule has 164 valence electrons. The molecule has 2 aromatic carbocycles. The van der Waals surface area contributed by atoms with Gasteiger partial charge in [-0.1, -0.05) is 17.7 Å². The number of hydrogen-bond acceptors (Lipinski definition) is 5. The zero-order valence-corrected chi connectivity index (χ0v) is 19.1. The molecular formula is C23H26ClN3O3S. The SMILES string of the molecule is COc1ccc(C)cc1S(=O)(=O)NC1CCC(Nc2ccnc3cc(Cl)ccc23)CC1. The molecule has 2 N–H and O–H groups in total. The summed E-state index contributed by atoms with van der Waals surface area (Å²) < 4.78 is 34.0. The minimum absolute atomic E-state index is 0.0961. The van der Waals surface area contributed by atoms with Crippen LogP contribution in [-0.4, -0.2) is 32.6 Å². The van der Waals surface area contributed by atoms with Gasteiger partial charge in [-0.05, 0) is 74.6 Å². The molecule has 0 unspecified atom stereocenters. The van der Waals surface area contributed by atoms with Gasteiger partial charge < -0.3 is 10.1 Å². The lowest BCUT2D eigenvalue weighted by Crippen LogP contribution is -2.40. The van der Waals surface area contributed by atoms with Crippen molar-refractivity contribution in [3.63, 3.8) is 0 Å². The Kier molecular flexibility index (Phi) is 6.36. The zero-order chi connectivity index (χ0) is 22.0. The second-order valence-electron chi connectivity index (χ2n) is 7.99. The molecule has 0 radical (unpaired) electrons. The summed E-state index contributed by atoms with van der Waals surface area (Å²) in [6.07, 6.45) is 5.04. The molecule has 6 nitrogen and oxygen atoms in total. The third-order valence-corrected chi connectivity index (χ3v) is 7.50. The number of methoxy groups -OCH3 is 1. The predicted molar refractivity (Wildman–Crippen MR) is 124 cm³/mol. The van der Waals surface area contributed by atoms with Gasteiger partial charge in [0, 0.05) is 34.4 Å². The average Bonchev–Trinajstić information content (AvgIpc) is 2.75. The van der Waals surface area contributed by atoms with E-state index < -0.39 is 10.0 Å². The maximum absolute atomic E-state index is 13.0. The second-order valence-corrected chi connectivity index (χ2v) is 10.1. The van der Waals surface area contributed by atoms with Gasteiger partial charge in [-0.25, -0.2) is 13.1 Å². The van der Waals surface area contributed by atoms with E-state index >= 15 is 0 Å². The van der Waals surface area contributed by atoms with E-state index in [0.29, 0.717) is 10.8 Å². The summed E-state index contributed by atoms with van der Waals surface area (Å²) in [6, 6.07) is 13.0. The summed E-state index contributed by atoms with van der Waals surface area (Å²) in [5, 5.41) is 5.29. The lowest BCUT2D eigenvalue weighted by atomic mass is 9.91. The van der Waals surface area contributed by atoms with Gasteiger partial charge >= 0.3 is 0 Å². The van der Waals surface area contributed by atoms with Gasteiger partial charge in [0.05, 0.1) is 12.6 Å². The van der Waals surface area contributed by atoms with Crippen molar-refractivity contribution in [2.45, 2.75) is 49.6 Å². The number of aromatic nitrogens is 1. The van der Waals surface area contributed by atoms with Crippen molar-refractivity contribution in [2.24, 2.45) is 0 Å². The van der Waals surface area contributed by atoms with E-state index in [9.17, 15) is 8.42 Å². The molecule has 1 aliphatic rings. The molecule has 1 aromatic heterocycles. The van der Waals surface area contributed by atoms with Gasteiger partial charge in [0.15, 0.2) is 0 Å². The van der Waals surface area contributed by atoms with Gasteiger partial charge in [-0.2, -0.15) is 0 Å². The van der Waals surface area contributed by atoms with Crippen LogP contribution in [-0.2, 0) is 10.0 Å². The van der Waals surface area contributed by atoms with Crippen LogP contribution < -0.4 is 14.8 Å². The number of halogens is 1. The lowest BCUT2D eigenvalue weighted by molar-refractivity contribution is 0.383. The highest BCUT2D eigenvalue weighted by Gasteiger charge is 2.27. The average molecular weight is 460 g/mol. The van der Waals surface area contributed by atoms with E-state index in [2.05, 4.69) is 15.0 Å². The Bertz CT molecular complexity index is 1190. The fraction of sp³-hybridized carbons (Fsp3) is 0.348. The van der Waals surface area contributed by atoms with Crippen molar-refractivity contribution in [2.75, 3.05) is 12.4 Å². The smallest absolute Gasteiger partial charge is 0.244 e. The molecule has 3 aromatic rings. The summed E-state index contributed by atoms with van der Waals surface area (Å²) in [5.41, 5.74) is 2.75. The molecule has 1 fully saturated rings. The van der Waals surface area contributed by atoms with Crippen LogP contribution in [0.25, 0.3) is 10.9 Å². The van der Waals surface area contributed by atoms with Crippen LogP contribution >= 0.6 is 11.6 Å². The number of hydrogen-bond donors (Lipinski definition) is 2. The first-order valence-electron chi connectivity index (χ1n) is 10.3. The van der Waals surface area contributed by atoms with Crippen LogP contribution in [0.4, 0.5) is 5.69 Å². The standard InChI is InChI=1S/C23H26ClN3O3S/c1-15-3-10-22(30-2)23(13-15)31(28,29)27-18-7-5-17(6-8-18)26-20-11-12-25-21-14-16(24)4-9-19(20)21/h3-4,9-14,17-18,27H,5-8H2,1-2H3,(H,25,26). The largest absolute Gasteiger partial charge is 0.495 e. The van der Waals surface area contributed by atoms with Crippen molar-refractivity contribution >= 4 is 38.2 Å². The highest BCUT2D eigenvalue weighted by molar-refractivity contribution is 7.89. The Morgan fingerprint density at radius 1 is 1.03 bits per heavy atom. The lowest BCUT2D eigenvalue weighted by Gasteiger charge is -2.30. The molecule has 0 saturated heterocycles. The van der Waals surface area contributed by atoms with Gasteiger partial charge in [0.2, 0.25) is 10.0 Å². The number of fused-ring (bicyclic) bond motifs is 1. The fourth-order valence-corrected chi connectivity index (χ4v) is 5.82. The first-order valence-corrected chi connectivity index (χ1v) is 12.2. The third-order valence-electron chi connectivity index (χ3n) is 5.72. The minimum Gasteiger partial charge on any atom is -0.495 e. The number of sulfonamides is 1. The molecule has 1 heterocycles. The molecule has 0 bridgehead atoms. The quantitative estimate of drug-likeness (QED) is 0.547. The molecule has 0 atom stereocenters. The van der Waals surface area contributed by atoms with E-state index in [-0.39, 0.29) is 17.0 Å². The van der Waals surface area contributed by atoms with Crippen LogP contribution in [0, 0.1) is 6.92 Å². The summed E-state index contributed by atoms with van der Waals surface area (Å²) in [4.78, 5) is 4.58. The second kappa shape index (κ2) is 9.02. The number of anilines is 1. The summed E-state index contributed by atoms with van der Waals surface area (Å²) in [7, 11) is -2.17. The fourth-order valence-electron chi connectivity index (χ4n) is 4.10. The van der Waals surface area contributed by atoms with E-state index in [4.69, 9.17) is 16.3 Å². The van der Waals surface area contributed by atoms with Gasteiger partial charge in [-0.15, -0.1) is 0 Å². The highest BCUT2D eigenvalue weighted by atomic mass is 35.5. The van der Waals surface area contributed by atoms with Crippen molar-refractivity contribution in [1.29, 1.82) is 0 Å². The Hall–Kier alpha value is -2.35. The predicted octanol–water partition coefficient (Wildman–Crippen LogP) is 4.91. The molecule has 4 rings (SSSR count). The van der Waals surface area contributed by atoms with E-state index in [1.54, 1.807) is 18.3 Å². The Morgan fingerprint density at radius 2 is 1.77 bits per heavy atom.